The number of methoxy groups -OCH3 is 2. The van der Waals surface area contributed by atoms with Crippen molar-refractivity contribution in [2.75, 3.05) is 20.8 Å². The van der Waals surface area contributed by atoms with E-state index in [1.54, 1.807) is 14.2 Å². The van der Waals surface area contributed by atoms with Gasteiger partial charge in [-0.2, -0.15) is 0 Å². The lowest BCUT2D eigenvalue weighted by molar-refractivity contribution is -0.130. The highest BCUT2D eigenvalue weighted by Crippen LogP contribution is 2.29. The van der Waals surface area contributed by atoms with Crippen LogP contribution in [-0.4, -0.2) is 32.8 Å². The Labute approximate surface area is 119 Å². The van der Waals surface area contributed by atoms with E-state index in [1.807, 2.05) is 25.1 Å². The van der Waals surface area contributed by atoms with Crippen molar-refractivity contribution in [1.82, 2.24) is 5.32 Å². The molecule has 1 amide bonds. The number of rotatable bonds is 5. The third-order valence-electron chi connectivity index (χ3n) is 3.49. The Morgan fingerprint density at radius 2 is 2.20 bits per heavy atom. The highest BCUT2D eigenvalue weighted by molar-refractivity contribution is 5.81. The van der Waals surface area contributed by atoms with E-state index in [1.165, 1.54) is 0 Å². The fourth-order valence-electron chi connectivity index (χ4n) is 2.34. The summed E-state index contributed by atoms with van der Waals surface area (Å²) < 4.78 is 15.9. The Kier molecular flexibility index (Phi) is 4.84. The van der Waals surface area contributed by atoms with Crippen LogP contribution in [0.2, 0.25) is 0 Å². The largest absolute Gasteiger partial charge is 0.497 e. The first-order valence-electron chi connectivity index (χ1n) is 6.79. The van der Waals surface area contributed by atoms with Gasteiger partial charge in [-0.1, -0.05) is 0 Å². The number of hydrogen-bond donors (Lipinski definition) is 1. The second-order valence-electron chi connectivity index (χ2n) is 4.84. The Balaban J connectivity index is 2.07. The second-order valence-corrected chi connectivity index (χ2v) is 4.84. The van der Waals surface area contributed by atoms with Crippen LogP contribution >= 0.6 is 0 Å². The minimum atomic E-state index is -0.318. The quantitative estimate of drug-likeness (QED) is 0.896. The third-order valence-corrected chi connectivity index (χ3v) is 3.49. The summed E-state index contributed by atoms with van der Waals surface area (Å²) in [6, 6.07) is 5.42. The maximum absolute atomic E-state index is 12.1. The molecule has 1 aliphatic rings. The van der Waals surface area contributed by atoms with Crippen LogP contribution in [0.25, 0.3) is 0 Å². The smallest absolute Gasteiger partial charge is 0.249 e. The molecule has 1 heterocycles. The lowest BCUT2D eigenvalue weighted by Gasteiger charge is -2.19. The van der Waals surface area contributed by atoms with E-state index in [0.29, 0.717) is 12.4 Å². The van der Waals surface area contributed by atoms with Gasteiger partial charge in [0.25, 0.3) is 0 Å². The highest BCUT2D eigenvalue weighted by atomic mass is 16.5. The van der Waals surface area contributed by atoms with Gasteiger partial charge in [-0.15, -0.1) is 0 Å². The summed E-state index contributed by atoms with van der Waals surface area (Å²) >= 11 is 0. The fraction of sp³-hybridized carbons (Fsp3) is 0.533. The van der Waals surface area contributed by atoms with Crippen molar-refractivity contribution in [1.29, 1.82) is 0 Å². The Hall–Kier alpha value is -1.75. The fourth-order valence-corrected chi connectivity index (χ4v) is 2.34. The van der Waals surface area contributed by atoms with E-state index in [-0.39, 0.29) is 18.1 Å². The van der Waals surface area contributed by atoms with Crippen LogP contribution in [0.3, 0.4) is 0 Å². The number of amides is 1. The van der Waals surface area contributed by atoms with Gasteiger partial charge in [0, 0.05) is 18.2 Å². The van der Waals surface area contributed by atoms with E-state index < -0.39 is 0 Å². The van der Waals surface area contributed by atoms with Crippen LogP contribution in [0.4, 0.5) is 0 Å². The first kappa shape index (κ1) is 14.7. The molecule has 1 aromatic rings. The van der Waals surface area contributed by atoms with E-state index in [4.69, 9.17) is 14.2 Å². The number of ether oxygens (including phenoxy) is 3. The van der Waals surface area contributed by atoms with E-state index in [2.05, 4.69) is 5.32 Å². The molecule has 5 heteroatoms. The van der Waals surface area contributed by atoms with Crippen LogP contribution in [0.15, 0.2) is 18.2 Å². The van der Waals surface area contributed by atoms with Crippen molar-refractivity contribution in [3.8, 4) is 11.5 Å². The summed E-state index contributed by atoms with van der Waals surface area (Å²) in [7, 11) is 3.21. The summed E-state index contributed by atoms with van der Waals surface area (Å²) in [6.07, 6.45) is 1.41. The Bertz CT molecular complexity index is 469. The topological polar surface area (TPSA) is 56.8 Å². The first-order valence-corrected chi connectivity index (χ1v) is 6.79. The van der Waals surface area contributed by atoms with Gasteiger partial charge in [0.15, 0.2) is 0 Å². The van der Waals surface area contributed by atoms with Crippen molar-refractivity contribution in [2.24, 2.45) is 0 Å². The van der Waals surface area contributed by atoms with Crippen molar-refractivity contribution in [2.45, 2.75) is 31.9 Å². The van der Waals surface area contributed by atoms with E-state index in [9.17, 15) is 4.79 Å². The van der Waals surface area contributed by atoms with Crippen molar-refractivity contribution >= 4 is 5.91 Å². The molecule has 1 aromatic carbocycles. The number of benzene rings is 1. The Morgan fingerprint density at radius 1 is 1.40 bits per heavy atom. The maximum atomic E-state index is 12.1. The number of hydrogen-bond acceptors (Lipinski definition) is 4. The van der Waals surface area contributed by atoms with E-state index >= 15 is 0 Å². The molecule has 0 unspecified atom stereocenters. The number of carbonyl (C=O) groups excluding carboxylic acids is 1. The van der Waals surface area contributed by atoms with Crippen LogP contribution in [0.5, 0.6) is 11.5 Å². The molecule has 0 bridgehead atoms. The summed E-state index contributed by atoms with van der Waals surface area (Å²) in [5.41, 5.74) is 0.916. The number of nitrogens with one attached hydrogen (secondary N) is 1. The van der Waals surface area contributed by atoms with Gasteiger partial charge in [-0.25, -0.2) is 0 Å². The van der Waals surface area contributed by atoms with E-state index in [0.717, 1.165) is 24.2 Å². The molecule has 2 atom stereocenters. The third kappa shape index (κ3) is 3.22. The van der Waals surface area contributed by atoms with Crippen molar-refractivity contribution in [3.05, 3.63) is 23.8 Å². The molecule has 0 radical (unpaired) electrons. The SMILES string of the molecule is COc1ccc([C@H](C)NC(=O)[C@H]2CCCO2)c(OC)c1. The Morgan fingerprint density at radius 3 is 2.80 bits per heavy atom. The predicted octanol–water partition coefficient (Wildman–Crippen LogP) is 2.06. The van der Waals surface area contributed by atoms with Crippen LogP contribution in [0, 0.1) is 0 Å². The minimum absolute atomic E-state index is 0.0622. The maximum Gasteiger partial charge on any atom is 0.249 e. The minimum Gasteiger partial charge on any atom is -0.497 e. The highest BCUT2D eigenvalue weighted by Gasteiger charge is 2.25. The zero-order chi connectivity index (χ0) is 14.5. The van der Waals surface area contributed by atoms with Gasteiger partial charge in [0.05, 0.1) is 20.3 Å². The molecule has 20 heavy (non-hydrogen) atoms. The first-order chi connectivity index (χ1) is 9.65. The van der Waals surface area contributed by atoms with Crippen LogP contribution in [0.1, 0.15) is 31.4 Å². The molecule has 0 saturated carbocycles. The average Bonchev–Trinajstić information content (AvgIpc) is 3.00. The van der Waals surface area contributed by atoms with Gasteiger partial charge in [0.1, 0.15) is 17.6 Å². The molecule has 2 rings (SSSR count). The molecule has 0 spiro atoms. The van der Waals surface area contributed by atoms with Gasteiger partial charge >= 0.3 is 0 Å². The lowest BCUT2D eigenvalue weighted by Crippen LogP contribution is -2.35. The molecular formula is C15H21NO4. The summed E-state index contributed by atoms with van der Waals surface area (Å²) in [4.78, 5) is 12.1. The average molecular weight is 279 g/mol. The van der Waals surface area contributed by atoms with Gasteiger partial charge in [0.2, 0.25) is 5.91 Å². The molecule has 5 nitrogen and oxygen atoms in total. The molecule has 1 saturated heterocycles. The van der Waals surface area contributed by atoms with Crippen molar-refractivity contribution in [3.63, 3.8) is 0 Å². The van der Waals surface area contributed by atoms with Crippen LogP contribution in [-0.2, 0) is 9.53 Å². The normalized spacial score (nSPS) is 19.4. The molecule has 110 valence electrons. The zero-order valence-corrected chi connectivity index (χ0v) is 12.1. The molecule has 0 aliphatic carbocycles. The summed E-state index contributed by atoms with van der Waals surface area (Å²) in [5, 5.41) is 2.97. The molecule has 1 N–H and O–H groups in total. The standard InChI is InChI=1S/C15H21NO4/c1-10(16-15(17)13-5-4-8-20-13)12-7-6-11(18-2)9-14(12)19-3/h6-7,9-10,13H,4-5,8H2,1-3H3,(H,16,17)/t10-,13+/m0/s1. The van der Waals surface area contributed by atoms with Crippen LogP contribution < -0.4 is 14.8 Å². The lowest BCUT2D eigenvalue weighted by atomic mass is 10.1. The summed E-state index contributed by atoms with van der Waals surface area (Å²) in [6.45, 7) is 2.59. The molecular weight excluding hydrogens is 258 g/mol. The molecule has 1 fully saturated rings. The monoisotopic (exact) mass is 279 g/mol. The van der Waals surface area contributed by atoms with Crippen molar-refractivity contribution < 1.29 is 19.0 Å². The van der Waals surface area contributed by atoms with Gasteiger partial charge in [-0.05, 0) is 31.9 Å². The zero-order valence-electron chi connectivity index (χ0n) is 12.1. The predicted molar refractivity (Wildman–Crippen MR) is 75.1 cm³/mol. The van der Waals surface area contributed by atoms with Gasteiger partial charge < -0.3 is 19.5 Å². The molecule has 1 aliphatic heterocycles. The number of carbonyl (C=O) groups is 1. The van der Waals surface area contributed by atoms with Gasteiger partial charge in [-0.3, -0.25) is 4.79 Å². The second kappa shape index (κ2) is 6.61. The summed E-state index contributed by atoms with van der Waals surface area (Å²) in [5.74, 6) is 1.36. The molecule has 0 aromatic heterocycles.